The van der Waals surface area contributed by atoms with E-state index in [9.17, 15) is 22.4 Å². The Balaban J connectivity index is 1.51. The van der Waals surface area contributed by atoms with Crippen LogP contribution in [0.1, 0.15) is 53.6 Å². The normalized spacial score (nSPS) is 19.2. The van der Waals surface area contributed by atoms with E-state index in [1.54, 1.807) is 12.1 Å². The first-order valence-corrected chi connectivity index (χ1v) is 13.3. The van der Waals surface area contributed by atoms with E-state index in [4.69, 9.17) is 5.26 Å². The van der Waals surface area contributed by atoms with Crippen molar-refractivity contribution in [1.29, 1.82) is 5.26 Å². The number of halogens is 1. The third-order valence-electron chi connectivity index (χ3n) is 7.44. The van der Waals surface area contributed by atoms with Gasteiger partial charge in [0, 0.05) is 6.04 Å². The highest BCUT2D eigenvalue weighted by atomic mass is 32.2. The number of nitriles is 1. The smallest absolute Gasteiger partial charge is 0.264 e. The molecule has 0 aromatic heterocycles. The summed E-state index contributed by atoms with van der Waals surface area (Å²) in [6, 6.07) is 7.75. The van der Waals surface area contributed by atoms with E-state index >= 15 is 0 Å². The Kier molecular flexibility index (Phi) is 5.97. The Morgan fingerprint density at radius 3 is 2.56 bits per heavy atom. The first-order chi connectivity index (χ1) is 17.1. The molecule has 11 heteroatoms. The Labute approximate surface area is 208 Å². The molecule has 9 nitrogen and oxygen atoms in total. The molecule has 1 aliphatic carbocycles. The molecule has 2 amide bonds. The molecule has 5 rings (SSSR count). The van der Waals surface area contributed by atoms with Crippen molar-refractivity contribution in [2.45, 2.75) is 48.5 Å². The minimum Gasteiger partial charge on any atom is -0.349 e. The number of hydrogen-bond acceptors (Lipinski definition) is 6. The lowest BCUT2D eigenvalue weighted by atomic mass is 9.65. The van der Waals surface area contributed by atoms with Gasteiger partial charge in [0.15, 0.2) is 0 Å². The SMILES string of the molecule is CN1CCC(NC(=O)c2cc(NS(=O)(=O)c3ccc(C#N)cc3F)cc3c2NC(=O)C32CCC2)CC1. The molecule has 1 saturated heterocycles. The zero-order valence-electron chi connectivity index (χ0n) is 19.7. The molecule has 36 heavy (non-hydrogen) atoms. The quantitative estimate of drug-likeness (QED) is 0.566. The number of piperidine rings is 1. The highest BCUT2D eigenvalue weighted by molar-refractivity contribution is 7.92. The van der Waals surface area contributed by atoms with Gasteiger partial charge in [-0.25, -0.2) is 12.8 Å². The van der Waals surface area contributed by atoms with Gasteiger partial charge in [0.05, 0.1) is 34.0 Å². The maximum atomic E-state index is 14.5. The van der Waals surface area contributed by atoms with Crippen LogP contribution in [0.2, 0.25) is 0 Å². The second kappa shape index (κ2) is 8.87. The number of carbonyl (C=O) groups is 2. The number of fused-ring (bicyclic) bond motifs is 2. The number of benzene rings is 2. The van der Waals surface area contributed by atoms with Gasteiger partial charge in [-0.3, -0.25) is 14.3 Å². The van der Waals surface area contributed by atoms with Gasteiger partial charge in [-0.05, 0) is 81.7 Å². The highest BCUT2D eigenvalue weighted by Crippen LogP contribution is 2.52. The Morgan fingerprint density at radius 1 is 1.22 bits per heavy atom. The molecular formula is C25H26FN5O4S. The summed E-state index contributed by atoms with van der Waals surface area (Å²) in [5.74, 6) is -1.66. The Hall–Kier alpha value is -3.49. The van der Waals surface area contributed by atoms with E-state index in [2.05, 4.69) is 20.3 Å². The van der Waals surface area contributed by atoms with Crippen LogP contribution in [-0.2, 0) is 20.2 Å². The van der Waals surface area contributed by atoms with Crippen LogP contribution >= 0.6 is 0 Å². The fourth-order valence-corrected chi connectivity index (χ4v) is 6.29. The van der Waals surface area contributed by atoms with Crippen molar-refractivity contribution in [1.82, 2.24) is 10.2 Å². The molecule has 2 aromatic rings. The van der Waals surface area contributed by atoms with Crippen LogP contribution in [0, 0.1) is 17.1 Å². The van der Waals surface area contributed by atoms with Crippen LogP contribution in [0.4, 0.5) is 15.8 Å². The topological polar surface area (TPSA) is 131 Å². The fourth-order valence-electron chi connectivity index (χ4n) is 5.19. The number of anilines is 2. The molecular weight excluding hydrogens is 485 g/mol. The molecule has 188 valence electrons. The second-order valence-corrected chi connectivity index (χ2v) is 11.4. The van der Waals surface area contributed by atoms with E-state index in [1.165, 1.54) is 12.1 Å². The number of nitrogens with one attached hydrogen (secondary N) is 3. The first kappa shape index (κ1) is 24.2. The first-order valence-electron chi connectivity index (χ1n) is 11.8. The molecule has 2 aliphatic heterocycles. The number of likely N-dealkylation sites (tertiary alicyclic amines) is 1. The minimum absolute atomic E-state index is 0.00615. The molecule has 2 heterocycles. The summed E-state index contributed by atoms with van der Waals surface area (Å²) in [5.41, 5.74) is 0.410. The van der Waals surface area contributed by atoms with Crippen LogP contribution in [0.5, 0.6) is 0 Å². The predicted molar refractivity (Wildman–Crippen MR) is 131 cm³/mol. The van der Waals surface area contributed by atoms with E-state index in [-0.39, 0.29) is 28.8 Å². The Bertz CT molecular complexity index is 1410. The number of rotatable bonds is 5. The summed E-state index contributed by atoms with van der Waals surface area (Å²) in [6.07, 6.45) is 3.61. The van der Waals surface area contributed by atoms with Crippen LogP contribution in [0.25, 0.3) is 0 Å². The number of sulfonamides is 1. The lowest BCUT2D eigenvalue weighted by Crippen LogP contribution is -2.43. The third kappa shape index (κ3) is 4.10. The van der Waals surface area contributed by atoms with Crippen molar-refractivity contribution < 1.29 is 22.4 Å². The van der Waals surface area contributed by atoms with Crippen molar-refractivity contribution in [3.05, 3.63) is 52.8 Å². The third-order valence-corrected chi connectivity index (χ3v) is 8.85. The molecule has 0 bridgehead atoms. The number of carbonyl (C=O) groups excluding carboxylic acids is 2. The summed E-state index contributed by atoms with van der Waals surface area (Å²) in [4.78, 5) is 27.8. The molecule has 1 spiro atoms. The van der Waals surface area contributed by atoms with Gasteiger partial charge in [-0.15, -0.1) is 0 Å². The second-order valence-electron chi connectivity index (χ2n) is 9.75. The van der Waals surface area contributed by atoms with Crippen LogP contribution in [0.15, 0.2) is 35.2 Å². The zero-order valence-corrected chi connectivity index (χ0v) is 20.5. The average molecular weight is 512 g/mol. The fraction of sp³-hybridized carbons (Fsp3) is 0.400. The van der Waals surface area contributed by atoms with Gasteiger partial charge in [0.1, 0.15) is 10.7 Å². The van der Waals surface area contributed by atoms with Crippen molar-refractivity contribution in [3.8, 4) is 6.07 Å². The maximum absolute atomic E-state index is 14.5. The van der Waals surface area contributed by atoms with Gasteiger partial charge < -0.3 is 15.5 Å². The van der Waals surface area contributed by atoms with Crippen LogP contribution in [-0.4, -0.2) is 51.3 Å². The maximum Gasteiger partial charge on any atom is 0.264 e. The summed E-state index contributed by atoms with van der Waals surface area (Å²) in [6.45, 7) is 1.69. The van der Waals surface area contributed by atoms with Crippen LogP contribution < -0.4 is 15.4 Å². The number of amides is 2. The molecule has 0 radical (unpaired) electrons. The lowest BCUT2D eigenvalue weighted by molar-refractivity contribution is -0.123. The molecule has 0 unspecified atom stereocenters. The molecule has 3 aliphatic rings. The predicted octanol–water partition coefficient (Wildman–Crippen LogP) is 2.70. The average Bonchev–Trinajstić information content (AvgIpc) is 3.11. The van der Waals surface area contributed by atoms with Gasteiger partial charge >= 0.3 is 0 Å². The summed E-state index contributed by atoms with van der Waals surface area (Å²) in [7, 11) is -2.36. The molecule has 2 fully saturated rings. The van der Waals surface area contributed by atoms with E-state index < -0.39 is 32.1 Å². The van der Waals surface area contributed by atoms with Gasteiger partial charge in [-0.1, -0.05) is 6.42 Å². The van der Waals surface area contributed by atoms with E-state index in [0.717, 1.165) is 44.5 Å². The lowest BCUT2D eigenvalue weighted by Gasteiger charge is -2.36. The summed E-state index contributed by atoms with van der Waals surface area (Å²) >= 11 is 0. The molecule has 2 aromatic carbocycles. The monoisotopic (exact) mass is 511 g/mol. The van der Waals surface area contributed by atoms with Gasteiger partial charge in [0.2, 0.25) is 5.91 Å². The molecule has 0 atom stereocenters. The largest absolute Gasteiger partial charge is 0.349 e. The molecule has 3 N–H and O–H groups in total. The standard InChI is InChI=1S/C25H26FN5O4S/c1-31-9-5-16(6-10-31)28-23(32)18-12-17(13-19-22(18)29-24(33)25(19)7-2-8-25)30-36(34,35)21-4-3-15(14-27)11-20(21)26/h3-4,11-13,16,30H,2,5-10H2,1H3,(H,28,32)(H,29,33). The summed E-state index contributed by atoms with van der Waals surface area (Å²) in [5, 5.41) is 14.8. The van der Waals surface area contributed by atoms with Crippen molar-refractivity contribution in [2.24, 2.45) is 0 Å². The van der Waals surface area contributed by atoms with Crippen molar-refractivity contribution in [2.75, 3.05) is 30.2 Å². The van der Waals surface area contributed by atoms with Gasteiger partial charge in [0.25, 0.3) is 15.9 Å². The van der Waals surface area contributed by atoms with Crippen molar-refractivity contribution in [3.63, 3.8) is 0 Å². The molecule has 1 saturated carbocycles. The number of nitrogens with zero attached hydrogens (tertiary/aromatic N) is 2. The highest BCUT2D eigenvalue weighted by Gasteiger charge is 2.52. The van der Waals surface area contributed by atoms with E-state index in [1.807, 2.05) is 7.05 Å². The van der Waals surface area contributed by atoms with Gasteiger partial charge in [-0.2, -0.15) is 5.26 Å². The van der Waals surface area contributed by atoms with Crippen molar-refractivity contribution >= 4 is 33.2 Å². The minimum atomic E-state index is -4.38. The summed E-state index contributed by atoms with van der Waals surface area (Å²) < 4.78 is 42.9. The zero-order chi connectivity index (χ0) is 25.7. The number of hydrogen-bond donors (Lipinski definition) is 3. The van der Waals surface area contributed by atoms with E-state index in [0.29, 0.717) is 24.1 Å². The Morgan fingerprint density at radius 2 is 1.94 bits per heavy atom. The van der Waals surface area contributed by atoms with Crippen LogP contribution in [0.3, 0.4) is 0 Å².